The number of nitrogen functional groups attached to an aromatic ring is 1. The van der Waals surface area contributed by atoms with E-state index in [1.807, 2.05) is 19.9 Å². The lowest BCUT2D eigenvalue weighted by Crippen LogP contribution is -2.27. The molecular weight excluding hydrogens is 360 g/mol. The van der Waals surface area contributed by atoms with Gasteiger partial charge in [0.2, 0.25) is 0 Å². The number of urea groups is 1. The largest absolute Gasteiger partial charge is 0.495 e. The summed E-state index contributed by atoms with van der Waals surface area (Å²) in [6, 6.07) is 11.5. The molecule has 0 fully saturated rings. The predicted molar refractivity (Wildman–Crippen MR) is 110 cm³/mol. The highest BCUT2D eigenvalue weighted by Gasteiger charge is 2.12. The Morgan fingerprint density at radius 3 is 2.50 bits per heavy atom. The summed E-state index contributed by atoms with van der Waals surface area (Å²) in [6.07, 6.45) is 0.290. The molecule has 3 amide bonds. The topological polar surface area (TPSA) is 115 Å². The Labute approximate surface area is 164 Å². The van der Waals surface area contributed by atoms with E-state index in [1.165, 1.54) is 7.11 Å². The van der Waals surface area contributed by atoms with E-state index in [9.17, 15) is 9.59 Å². The summed E-state index contributed by atoms with van der Waals surface area (Å²) in [5.74, 6) is 0.481. The zero-order valence-corrected chi connectivity index (χ0v) is 16.2. The molecule has 2 aromatic carbocycles. The van der Waals surface area contributed by atoms with Crippen molar-refractivity contribution in [2.75, 3.05) is 30.1 Å². The third-order valence-electron chi connectivity index (χ3n) is 3.91. The quantitative estimate of drug-likeness (QED) is 0.534. The van der Waals surface area contributed by atoms with E-state index in [2.05, 4.69) is 16.0 Å². The molecule has 0 radical (unpaired) electrons. The van der Waals surface area contributed by atoms with Crippen LogP contribution in [-0.4, -0.2) is 25.8 Å². The van der Waals surface area contributed by atoms with Gasteiger partial charge in [0.1, 0.15) is 5.75 Å². The first-order valence-corrected chi connectivity index (χ1v) is 8.97. The highest BCUT2D eigenvalue weighted by atomic mass is 16.5. The number of hydrogen-bond donors (Lipinski definition) is 4. The highest BCUT2D eigenvalue weighted by molar-refractivity contribution is 6.00. The van der Waals surface area contributed by atoms with Crippen molar-refractivity contribution in [2.45, 2.75) is 26.3 Å². The maximum Gasteiger partial charge on any atom is 0.407 e. The van der Waals surface area contributed by atoms with Crippen molar-refractivity contribution in [1.82, 2.24) is 5.32 Å². The fraction of sp³-hybridized carbons (Fsp3) is 0.300. The molecule has 0 unspecified atom stereocenters. The number of nitrogens with one attached hydrogen (secondary N) is 3. The van der Waals surface area contributed by atoms with Gasteiger partial charge in [-0.1, -0.05) is 19.1 Å². The smallest absolute Gasteiger partial charge is 0.407 e. The summed E-state index contributed by atoms with van der Waals surface area (Å²) in [5, 5.41) is 8.23. The summed E-state index contributed by atoms with van der Waals surface area (Å²) in [4.78, 5) is 24.0. The van der Waals surface area contributed by atoms with E-state index in [1.54, 1.807) is 36.4 Å². The van der Waals surface area contributed by atoms with Crippen molar-refractivity contribution >= 4 is 29.2 Å². The molecule has 0 heterocycles. The second-order valence-corrected chi connectivity index (χ2v) is 6.16. The molecule has 0 saturated heterocycles. The number of benzene rings is 2. The first-order chi connectivity index (χ1) is 13.4. The minimum absolute atomic E-state index is 0.268. The van der Waals surface area contributed by atoms with Gasteiger partial charge in [0.15, 0.2) is 0 Å². The Balaban J connectivity index is 1.98. The van der Waals surface area contributed by atoms with Crippen LogP contribution in [0.2, 0.25) is 0 Å². The van der Waals surface area contributed by atoms with Crippen molar-refractivity contribution in [3.8, 4) is 5.75 Å². The van der Waals surface area contributed by atoms with Gasteiger partial charge in [0.05, 0.1) is 25.4 Å². The number of ether oxygens (including phenoxy) is 2. The SMILES string of the molecule is CCCOC(=O)N[C@@H](C)c1cccc(NC(=O)Nc2ccc(N)c(OC)c2)c1. The third kappa shape index (κ3) is 6.08. The number of hydrogen-bond acceptors (Lipinski definition) is 5. The third-order valence-corrected chi connectivity index (χ3v) is 3.91. The Bertz CT molecular complexity index is 826. The first kappa shape index (κ1) is 20.9. The van der Waals surface area contributed by atoms with Crippen molar-refractivity contribution in [2.24, 2.45) is 0 Å². The molecule has 28 heavy (non-hydrogen) atoms. The van der Waals surface area contributed by atoms with Crippen LogP contribution in [0.25, 0.3) is 0 Å². The highest BCUT2D eigenvalue weighted by Crippen LogP contribution is 2.25. The number of rotatable bonds is 7. The Hall–Kier alpha value is -3.42. The molecule has 5 N–H and O–H groups in total. The molecule has 0 aliphatic heterocycles. The van der Waals surface area contributed by atoms with Gasteiger partial charge in [-0.3, -0.25) is 0 Å². The minimum atomic E-state index is -0.470. The van der Waals surface area contributed by atoms with Crippen LogP contribution in [-0.2, 0) is 4.74 Å². The van der Waals surface area contributed by atoms with Gasteiger partial charge in [0, 0.05) is 17.4 Å². The molecule has 1 atom stereocenters. The molecule has 0 saturated carbocycles. The van der Waals surface area contributed by atoms with Crippen LogP contribution in [0, 0.1) is 0 Å². The molecule has 8 heteroatoms. The zero-order chi connectivity index (χ0) is 20.5. The van der Waals surface area contributed by atoms with E-state index in [-0.39, 0.29) is 6.04 Å². The standard InChI is InChI=1S/C20H26N4O4/c1-4-10-28-20(26)22-13(2)14-6-5-7-15(11-14)23-19(25)24-16-8-9-17(21)18(12-16)27-3/h5-9,11-13H,4,10,21H2,1-3H3,(H,22,26)(H2,23,24,25)/t13-/m0/s1. The normalized spacial score (nSPS) is 11.2. The zero-order valence-electron chi connectivity index (χ0n) is 16.2. The van der Waals surface area contributed by atoms with E-state index < -0.39 is 12.1 Å². The van der Waals surface area contributed by atoms with Gasteiger partial charge < -0.3 is 31.2 Å². The van der Waals surface area contributed by atoms with Crippen molar-refractivity contribution < 1.29 is 19.1 Å². The van der Waals surface area contributed by atoms with Crippen LogP contribution in [0.4, 0.5) is 26.7 Å². The van der Waals surface area contributed by atoms with Crippen molar-refractivity contribution in [3.05, 3.63) is 48.0 Å². The maximum atomic E-state index is 12.3. The summed E-state index contributed by atoms with van der Waals surface area (Å²) in [7, 11) is 1.51. The van der Waals surface area contributed by atoms with E-state index in [0.29, 0.717) is 29.4 Å². The molecule has 8 nitrogen and oxygen atoms in total. The van der Waals surface area contributed by atoms with Gasteiger partial charge in [-0.15, -0.1) is 0 Å². The lowest BCUT2D eigenvalue weighted by molar-refractivity contribution is 0.143. The number of methoxy groups -OCH3 is 1. The van der Waals surface area contributed by atoms with Gasteiger partial charge in [0.25, 0.3) is 0 Å². The lowest BCUT2D eigenvalue weighted by atomic mass is 10.1. The minimum Gasteiger partial charge on any atom is -0.495 e. The Kier molecular flexibility index (Phi) is 7.50. The first-order valence-electron chi connectivity index (χ1n) is 8.97. The fourth-order valence-corrected chi connectivity index (χ4v) is 2.46. The summed E-state index contributed by atoms with van der Waals surface area (Å²) in [5.41, 5.74) is 8.23. The Morgan fingerprint density at radius 1 is 1.11 bits per heavy atom. The number of nitrogens with two attached hydrogens (primary N) is 1. The number of alkyl carbamates (subject to hydrolysis) is 1. The number of anilines is 3. The molecular formula is C20H26N4O4. The Morgan fingerprint density at radius 2 is 1.82 bits per heavy atom. The monoisotopic (exact) mass is 386 g/mol. The average Bonchev–Trinajstić information content (AvgIpc) is 2.68. The number of amides is 3. The van der Waals surface area contributed by atoms with Crippen LogP contribution >= 0.6 is 0 Å². The molecule has 150 valence electrons. The van der Waals surface area contributed by atoms with Crippen molar-refractivity contribution in [1.29, 1.82) is 0 Å². The molecule has 2 rings (SSSR count). The van der Waals surface area contributed by atoms with Crippen molar-refractivity contribution in [3.63, 3.8) is 0 Å². The number of carbonyl (C=O) groups excluding carboxylic acids is 2. The molecule has 0 bridgehead atoms. The predicted octanol–water partition coefficient (Wildman–Crippen LogP) is 4.12. The van der Waals surface area contributed by atoms with Gasteiger partial charge in [-0.25, -0.2) is 9.59 Å². The number of carbonyl (C=O) groups is 2. The van der Waals surface area contributed by atoms with Crippen LogP contribution < -0.4 is 26.4 Å². The average molecular weight is 386 g/mol. The molecule has 0 aromatic heterocycles. The fourth-order valence-electron chi connectivity index (χ4n) is 2.46. The van der Waals surface area contributed by atoms with Crippen LogP contribution in [0.15, 0.2) is 42.5 Å². The lowest BCUT2D eigenvalue weighted by Gasteiger charge is -2.16. The van der Waals surface area contributed by atoms with Crippen LogP contribution in [0.1, 0.15) is 31.9 Å². The molecule has 2 aromatic rings. The van der Waals surface area contributed by atoms with Gasteiger partial charge in [-0.2, -0.15) is 0 Å². The van der Waals surface area contributed by atoms with Crippen LogP contribution in [0.5, 0.6) is 5.75 Å². The molecule has 0 aliphatic carbocycles. The van der Waals surface area contributed by atoms with Crippen LogP contribution in [0.3, 0.4) is 0 Å². The van der Waals surface area contributed by atoms with E-state index in [4.69, 9.17) is 15.2 Å². The maximum absolute atomic E-state index is 12.3. The molecule has 0 spiro atoms. The summed E-state index contributed by atoms with van der Waals surface area (Å²) < 4.78 is 10.2. The van der Waals surface area contributed by atoms with Gasteiger partial charge >= 0.3 is 12.1 Å². The van der Waals surface area contributed by atoms with E-state index in [0.717, 1.165) is 12.0 Å². The second-order valence-electron chi connectivity index (χ2n) is 6.16. The summed E-state index contributed by atoms with van der Waals surface area (Å²) >= 11 is 0. The summed E-state index contributed by atoms with van der Waals surface area (Å²) in [6.45, 7) is 4.14. The second kappa shape index (κ2) is 10.1. The van der Waals surface area contributed by atoms with E-state index >= 15 is 0 Å². The molecule has 0 aliphatic rings. The van der Waals surface area contributed by atoms with Gasteiger partial charge in [-0.05, 0) is 43.2 Å².